The number of para-hydroxylation sites is 2. The largest absolute Gasteiger partial charge is 0.464 e. The Morgan fingerprint density at radius 2 is 1.90 bits per heavy atom. The maximum Gasteiger partial charge on any atom is 0.128 e. The lowest BCUT2D eigenvalue weighted by Crippen LogP contribution is -2.10. The van der Waals surface area contributed by atoms with Crippen LogP contribution in [0.3, 0.4) is 0 Å². The molecule has 0 bridgehead atoms. The molecule has 0 amide bonds. The van der Waals surface area contributed by atoms with E-state index in [-0.39, 0.29) is 11.4 Å². The lowest BCUT2D eigenvalue weighted by Gasteiger charge is -2.16. The fourth-order valence-corrected chi connectivity index (χ4v) is 2.71. The summed E-state index contributed by atoms with van der Waals surface area (Å²) in [5.41, 5.74) is 2.04. The number of benzene rings is 1. The maximum absolute atomic E-state index is 6.30. The third-order valence-corrected chi connectivity index (χ3v) is 3.73. The highest BCUT2D eigenvalue weighted by Crippen LogP contribution is 2.31. The molecule has 3 aromatic rings. The Labute approximate surface area is 123 Å². The van der Waals surface area contributed by atoms with Crippen LogP contribution in [0.1, 0.15) is 42.6 Å². The molecular weight excluding hydrogens is 272 g/mol. The van der Waals surface area contributed by atoms with Gasteiger partial charge < -0.3 is 8.98 Å². The van der Waals surface area contributed by atoms with E-state index in [0.717, 1.165) is 28.4 Å². The molecule has 2 unspecified atom stereocenters. The van der Waals surface area contributed by atoms with Gasteiger partial charge in [0.15, 0.2) is 0 Å². The highest BCUT2D eigenvalue weighted by Gasteiger charge is 2.21. The van der Waals surface area contributed by atoms with Gasteiger partial charge in [0.05, 0.1) is 22.5 Å². The van der Waals surface area contributed by atoms with Crippen LogP contribution in [0.4, 0.5) is 0 Å². The fourth-order valence-electron chi connectivity index (χ4n) is 2.56. The van der Waals surface area contributed by atoms with Crippen molar-refractivity contribution in [1.82, 2.24) is 9.55 Å². The molecule has 1 aromatic carbocycles. The Morgan fingerprint density at radius 3 is 2.55 bits per heavy atom. The first-order chi connectivity index (χ1) is 9.58. The van der Waals surface area contributed by atoms with Crippen LogP contribution in [0.5, 0.6) is 0 Å². The molecular formula is C16H17ClN2O. The summed E-state index contributed by atoms with van der Waals surface area (Å²) in [7, 11) is 0. The molecule has 0 N–H and O–H groups in total. The summed E-state index contributed by atoms with van der Waals surface area (Å²) in [6.45, 7) is 6.00. The topological polar surface area (TPSA) is 31.0 Å². The zero-order valence-electron chi connectivity index (χ0n) is 11.8. The third-order valence-electron chi connectivity index (χ3n) is 3.54. The van der Waals surface area contributed by atoms with Crippen LogP contribution in [-0.2, 0) is 0 Å². The summed E-state index contributed by atoms with van der Waals surface area (Å²) in [5, 5.41) is -0.152. The number of furan rings is 1. The van der Waals surface area contributed by atoms with Crippen molar-refractivity contribution in [3.8, 4) is 0 Å². The van der Waals surface area contributed by atoms with E-state index in [0.29, 0.717) is 0 Å². The minimum absolute atomic E-state index is 0.0623. The zero-order chi connectivity index (χ0) is 14.3. The Bertz CT molecular complexity index is 742. The number of halogens is 1. The highest BCUT2D eigenvalue weighted by atomic mass is 35.5. The van der Waals surface area contributed by atoms with E-state index in [9.17, 15) is 0 Å². The molecule has 0 saturated heterocycles. The molecule has 0 aliphatic rings. The van der Waals surface area contributed by atoms with Crippen molar-refractivity contribution >= 4 is 22.6 Å². The SMILES string of the molecule is Cc1ccc(C(C)n2c(C(C)Cl)nc3ccccc32)o1. The molecule has 0 aliphatic heterocycles. The van der Waals surface area contributed by atoms with Crippen LogP contribution >= 0.6 is 11.6 Å². The van der Waals surface area contributed by atoms with Gasteiger partial charge in [0.2, 0.25) is 0 Å². The van der Waals surface area contributed by atoms with Crippen LogP contribution in [0, 0.1) is 6.92 Å². The number of aromatic nitrogens is 2. The number of fused-ring (bicyclic) bond motifs is 1. The highest BCUT2D eigenvalue weighted by molar-refractivity contribution is 6.20. The second kappa shape index (κ2) is 4.98. The fraction of sp³-hybridized carbons (Fsp3) is 0.312. The monoisotopic (exact) mass is 288 g/mol. The standard InChI is InChI=1S/C16H17ClN2O/c1-10-8-9-15(20-10)12(3)19-14-7-5-4-6-13(14)18-16(19)11(2)17/h4-9,11-12H,1-3H3. The molecule has 0 saturated carbocycles. The van der Waals surface area contributed by atoms with Gasteiger partial charge >= 0.3 is 0 Å². The number of alkyl halides is 1. The maximum atomic E-state index is 6.30. The molecule has 20 heavy (non-hydrogen) atoms. The van der Waals surface area contributed by atoms with Gasteiger partial charge in [0, 0.05) is 0 Å². The third kappa shape index (κ3) is 2.12. The van der Waals surface area contributed by atoms with Crippen molar-refractivity contribution in [2.45, 2.75) is 32.2 Å². The number of aryl methyl sites for hydroxylation is 1. The van der Waals surface area contributed by atoms with Crippen molar-refractivity contribution in [3.63, 3.8) is 0 Å². The second-order valence-corrected chi connectivity index (χ2v) is 5.72. The molecule has 0 aliphatic carbocycles. The van der Waals surface area contributed by atoms with Gasteiger partial charge in [-0.05, 0) is 45.0 Å². The molecule has 0 spiro atoms. The lowest BCUT2D eigenvalue weighted by molar-refractivity contribution is 0.427. The van der Waals surface area contributed by atoms with Crippen molar-refractivity contribution in [1.29, 1.82) is 0 Å². The molecule has 2 aromatic heterocycles. The average molecular weight is 289 g/mol. The van der Waals surface area contributed by atoms with Crippen molar-refractivity contribution in [2.75, 3.05) is 0 Å². The van der Waals surface area contributed by atoms with Gasteiger partial charge in [-0.2, -0.15) is 0 Å². The van der Waals surface area contributed by atoms with Crippen LogP contribution < -0.4 is 0 Å². The summed E-state index contributed by atoms with van der Waals surface area (Å²) in [5.74, 6) is 2.70. The summed E-state index contributed by atoms with van der Waals surface area (Å²) >= 11 is 6.30. The molecule has 4 heteroatoms. The van der Waals surface area contributed by atoms with Gasteiger partial charge in [-0.1, -0.05) is 12.1 Å². The van der Waals surface area contributed by atoms with E-state index < -0.39 is 0 Å². The van der Waals surface area contributed by atoms with Crippen LogP contribution in [0.25, 0.3) is 11.0 Å². The van der Waals surface area contributed by atoms with Crippen LogP contribution in [-0.4, -0.2) is 9.55 Å². The molecule has 3 rings (SSSR count). The summed E-state index contributed by atoms with van der Waals surface area (Å²) in [6.07, 6.45) is 0. The minimum atomic E-state index is -0.152. The van der Waals surface area contributed by atoms with E-state index >= 15 is 0 Å². The van der Waals surface area contributed by atoms with E-state index in [1.54, 1.807) is 0 Å². The Balaban J connectivity index is 2.20. The van der Waals surface area contributed by atoms with Crippen LogP contribution in [0.15, 0.2) is 40.8 Å². The summed E-state index contributed by atoms with van der Waals surface area (Å²) in [6, 6.07) is 12.1. The smallest absolute Gasteiger partial charge is 0.128 e. The summed E-state index contributed by atoms with van der Waals surface area (Å²) < 4.78 is 7.92. The van der Waals surface area contributed by atoms with Crippen LogP contribution in [0.2, 0.25) is 0 Å². The number of rotatable bonds is 3. The van der Waals surface area contributed by atoms with E-state index in [1.807, 2.05) is 44.2 Å². The second-order valence-electron chi connectivity index (χ2n) is 5.07. The quantitative estimate of drug-likeness (QED) is 0.645. The Morgan fingerprint density at radius 1 is 1.15 bits per heavy atom. The first kappa shape index (κ1) is 13.3. The predicted octanol–water partition coefficient (Wildman–Crippen LogP) is 4.85. The number of hydrogen-bond acceptors (Lipinski definition) is 2. The molecule has 2 atom stereocenters. The first-order valence-electron chi connectivity index (χ1n) is 6.75. The first-order valence-corrected chi connectivity index (χ1v) is 7.19. The van der Waals surface area contributed by atoms with E-state index in [2.05, 4.69) is 22.5 Å². The lowest BCUT2D eigenvalue weighted by atomic mass is 10.2. The molecule has 3 nitrogen and oxygen atoms in total. The van der Waals surface area contributed by atoms with Crippen molar-refractivity contribution in [2.24, 2.45) is 0 Å². The molecule has 104 valence electrons. The van der Waals surface area contributed by atoms with Gasteiger partial charge in [0.1, 0.15) is 17.3 Å². The van der Waals surface area contributed by atoms with Crippen molar-refractivity contribution < 1.29 is 4.42 Å². The Hall–Kier alpha value is -1.74. The molecule has 2 heterocycles. The average Bonchev–Trinajstić information content (AvgIpc) is 3.01. The Kier molecular flexibility index (Phi) is 3.30. The number of nitrogens with zero attached hydrogens (tertiary/aromatic N) is 2. The van der Waals surface area contributed by atoms with Gasteiger partial charge in [-0.25, -0.2) is 4.98 Å². The van der Waals surface area contributed by atoms with Crippen molar-refractivity contribution in [3.05, 3.63) is 53.7 Å². The number of hydrogen-bond donors (Lipinski definition) is 0. The van der Waals surface area contributed by atoms with E-state index in [1.165, 1.54) is 0 Å². The van der Waals surface area contributed by atoms with Gasteiger partial charge in [-0.3, -0.25) is 0 Å². The van der Waals surface area contributed by atoms with Gasteiger partial charge in [-0.15, -0.1) is 11.6 Å². The van der Waals surface area contributed by atoms with E-state index in [4.69, 9.17) is 16.0 Å². The molecule has 0 fully saturated rings. The number of imidazole rings is 1. The normalized spacial score (nSPS) is 14.6. The summed E-state index contributed by atoms with van der Waals surface area (Å²) in [4.78, 5) is 4.65. The van der Waals surface area contributed by atoms with Gasteiger partial charge in [0.25, 0.3) is 0 Å². The molecule has 0 radical (unpaired) electrons. The zero-order valence-corrected chi connectivity index (χ0v) is 12.6. The minimum Gasteiger partial charge on any atom is -0.464 e. The predicted molar refractivity (Wildman–Crippen MR) is 81.3 cm³/mol.